The molecule has 0 aromatic heterocycles. The van der Waals surface area contributed by atoms with Gasteiger partial charge < -0.3 is 9.84 Å². The lowest BCUT2D eigenvalue weighted by Gasteiger charge is -2.11. The highest BCUT2D eigenvalue weighted by Crippen LogP contribution is 2.35. The van der Waals surface area contributed by atoms with Crippen LogP contribution in [0.1, 0.15) is 11.1 Å². The molecule has 0 spiro atoms. The Kier molecular flexibility index (Phi) is 6.85. The van der Waals surface area contributed by atoms with Gasteiger partial charge in [0.2, 0.25) is 0 Å². The largest absolute Gasteiger partial charge is 0.488 e. The molecular weight excluding hydrogens is 496 g/mol. The van der Waals surface area contributed by atoms with Gasteiger partial charge in [-0.1, -0.05) is 39.9 Å². The summed E-state index contributed by atoms with van der Waals surface area (Å²) in [7, 11) is 0. The van der Waals surface area contributed by atoms with Gasteiger partial charge in [0.1, 0.15) is 23.2 Å². The van der Waals surface area contributed by atoms with E-state index in [0.717, 1.165) is 26.7 Å². The van der Waals surface area contributed by atoms with Crippen LogP contribution >= 0.6 is 39.9 Å². The first kappa shape index (κ1) is 21.9. The number of amides is 1. The first-order valence-corrected chi connectivity index (χ1v) is 10.4. The molecule has 0 unspecified atom stereocenters. The van der Waals surface area contributed by atoms with Gasteiger partial charge in [-0.05, 0) is 42.0 Å². The highest BCUT2D eigenvalue weighted by Gasteiger charge is 2.33. The zero-order valence-corrected chi connectivity index (χ0v) is 18.3. The molecule has 3 rings (SSSR count). The number of carbonyl (C=O) groups excluding carboxylic acids is 1. The van der Waals surface area contributed by atoms with Crippen molar-refractivity contribution >= 4 is 67.9 Å². The van der Waals surface area contributed by atoms with Crippen molar-refractivity contribution in [3.63, 3.8) is 0 Å². The van der Waals surface area contributed by atoms with Crippen LogP contribution in [0.4, 0.5) is 5.69 Å². The minimum absolute atomic E-state index is 0.00790. The van der Waals surface area contributed by atoms with Crippen LogP contribution in [0, 0.1) is 10.1 Å². The average molecular weight is 509 g/mol. The molecule has 0 atom stereocenters. The number of hydrogen-bond donors (Lipinski definition) is 1. The van der Waals surface area contributed by atoms with E-state index in [-0.39, 0.29) is 16.6 Å². The van der Waals surface area contributed by atoms with E-state index >= 15 is 0 Å². The lowest BCUT2D eigenvalue weighted by atomic mass is 10.1. The number of non-ortho nitro benzene ring substituents is 1. The molecule has 1 aliphatic rings. The van der Waals surface area contributed by atoms with E-state index in [2.05, 4.69) is 15.9 Å². The molecule has 1 amide bonds. The van der Waals surface area contributed by atoms with Crippen LogP contribution in [0.25, 0.3) is 6.08 Å². The van der Waals surface area contributed by atoms with Gasteiger partial charge in [0.15, 0.2) is 0 Å². The second-order valence-electron chi connectivity index (χ2n) is 6.06. The predicted octanol–water partition coefficient (Wildman–Crippen LogP) is 4.22. The lowest BCUT2D eigenvalue weighted by Crippen LogP contribution is -2.33. The van der Waals surface area contributed by atoms with E-state index in [1.165, 1.54) is 12.1 Å². The molecule has 11 heteroatoms. The number of carboxylic acid groups (broad SMARTS) is 1. The summed E-state index contributed by atoms with van der Waals surface area (Å²) in [6.45, 7) is -0.329. The minimum Gasteiger partial charge on any atom is -0.488 e. The van der Waals surface area contributed by atoms with E-state index < -0.39 is 23.3 Å². The van der Waals surface area contributed by atoms with Gasteiger partial charge in [0.05, 0.1) is 9.83 Å². The molecule has 154 valence electrons. The molecule has 8 nitrogen and oxygen atoms in total. The zero-order valence-electron chi connectivity index (χ0n) is 15.1. The van der Waals surface area contributed by atoms with Crippen LogP contribution in [-0.2, 0) is 16.2 Å². The maximum atomic E-state index is 12.5. The smallest absolute Gasteiger partial charge is 0.323 e. The molecule has 2 aromatic rings. The monoisotopic (exact) mass is 508 g/mol. The number of carbonyl (C=O) groups is 2. The topological polar surface area (TPSA) is 110 Å². The van der Waals surface area contributed by atoms with Crippen molar-refractivity contribution in [1.29, 1.82) is 0 Å². The second kappa shape index (κ2) is 9.37. The van der Waals surface area contributed by atoms with E-state index in [1.807, 2.05) is 0 Å². The summed E-state index contributed by atoms with van der Waals surface area (Å²) in [6, 6.07) is 11.3. The number of thioether (sulfide) groups is 1. The number of aliphatic carboxylic acids is 1. The molecule has 0 aliphatic carbocycles. The molecule has 0 bridgehead atoms. The third-order valence-corrected chi connectivity index (χ3v) is 5.84. The van der Waals surface area contributed by atoms with Crippen LogP contribution in [-0.4, -0.2) is 37.7 Å². The Morgan fingerprint density at radius 1 is 1.30 bits per heavy atom. The highest BCUT2D eigenvalue weighted by molar-refractivity contribution is 9.10. The standard InChI is InChI=1S/C19H13BrN2O6S2/c20-13-3-6-15(28-10-11-1-4-14(5-2-11)22(26)27)12(7-13)8-16-18(25)21(9-17(23)24)19(29)30-16/h1-8H,9-10H2,(H,23,24). The third-order valence-electron chi connectivity index (χ3n) is 3.97. The fraction of sp³-hybridized carbons (Fsp3) is 0.105. The van der Waals surface area contributed by atoms with E-state index in [0.29, 0.717) is 16.2 Å². The van der Waals surface area contributed by atoms with Crippen molar-refractivity contribution in [2.75, 3.05) is 6.54 Å². The number of nitro benzene ring substituents is 1. The first-order valence-electron chi connectivity index (χ1n) is 8.37. The Balaban J connectivity index is 1.81. The number of hydrogen-bond acceptors (Lipinski definition) is 7. The maximum Gasteiger partial charge on any atom is 0.323 e. The molecule has 1 fully saturated rings. The van der Waals surface area contributed by atoms with Gasteiger partial charge in [-0.2, -0.15) is 0 Å². The number of thiocarbonyl (C=S) groups is 1. The van der Waals surface area contributed by atoms with Crippen molar-refractivity contribution in [3.8, 4) is 5.75 Å². The first-order chi connectivity index (χ1) is 14.2. The van der Waals surface area contributed by atoms with E-state index in [1.54, 1.807) is 36.4 Å². The van der Waals surface area contributed by atoms with Gasteiger partial charge in [-0.3, -0.25) is 24.6 Å². The number of rotatable bonds is 7. The Labute approximate surface area is 188 Å². The van der Waals surface area contributed by atoms with Crippen molar-refractivity contribution in [1.82, 2.24) is 4.90 Å². The number of benzene rings is 2. The fourth-order valence-corrected chi connectivity index (χ4v) is 4.18. The fourth-order valence-electron chi connectivity index (χ4n) is 2.55. The summed E-state index contributed by atoms with van der Waals surface area (Å²) in [4.78, 5) is 35.0. The molecule has 1 heterocycles. The number of carboxylic acids is 1. The maximum absolute atomic E-state index is 12.5. The van der Waals surface area contributed by atoms with Crippen LogP contribution in [0.3, 0.4) is 0 Å². The van der Waals surface area contributed by atoms with Crippen LogP contribution in [0.15, 0.2) is 51.8 Å². The van der Waals surface area contributed by atoms with E-state index in [9.17, 15) is 19.7 Å². The molecule has 1 saturated heterocycles. The number of nitro groups is 1. The molecule has 2 aromatic carbocycles. The lowest BCUT2D eigenvalue weighted by molar-refractivity contribution is -0.384. The van der Waals surface area contributed by atoms with Gasteiger partial charge in [-0.25, -0.2) is 0 Å². The second-order valence-corrected chi connectivity index (χ2v) is 8.65. The highest BCUT2D eigenvalue weighted by atomic mass is 79.9. The zero-order chi connectivity index (χ0) is 21.8. The van der Waals surface area contributed by atoms with Crippen LogP contribution in [0.5, 0.6) is 5.75 Å². The van der Waals surface area contributed by atoms with Crippen molar-refractivity contribution < 1.29 is 24.4 Å². The molecular formula is C19H13BrN2O6S2. The summed E-state index contributed by atoms with van der Waals surface area (Å²) in [5.41, 5.74) is 1.33. The predicted molar refractivity (Wildman–Crippen MR) is 119 cm³/mol. The van der Waals surface area contributed by atoms with Gasteiger partial charge in [-0.15, -0.1) is 0 Å². The van der Waals surface area contributed by atoms with Gasteiger partial charge >= 0.3 is 5.97 Å². The number of nitrogens with zero attached hydrogens (tertiary/aromatic N) is 2. The Morgan fingerprint density at radius 2 is 2.00 bits per heavy atom. The molecule has 1 aliphatic heterocycles. The van der Waals surface area contributed by atoms with Crippen molar-refractivity contribution in [3.05, 3.63) is 73.1 Å². The van der Waals surface area contributed by atoms with Gasteiger partial charge in [0, 0.05) is 22.2 Å². The number of halogens is 1. The summed E-state index contributed by atoms with van der Waals surface area (Å²) in [5, 5.41) is 19.7. The average Bonchev–Trinajstić information content (AvgIpc) is 2.94. The molecule has 30 heavy (non-hydrogen) atoms. The Hall–Kier alpha value is -2.76. The summed E-state index contributed by atoms with van der Waals surface area (Å²) in [6.07, 6.45) is 1.59. The Bertz CT molecular complexity index is 1070. The normalized spacial score (nSPS) is 15.0. The summed E-state index contributed by atoms with van der Waals surface area (Å²) >= 11 is 9.51. The SMILES string of the molecule is O=C(O)CN1C(=O)C(=Cc2cc(Br)ccc2OCc2ccc([N+](=O)[O-])cc2)SC1=S. The van der Waals surface area contributed by atoms with Gasteiger partial charge in [0.25, 0.3) is 11.6 Å². The molecule has 0 radical (unpaired) electrons. The molecule has 1 N–H and O–H groups in total. The summed E-state index contributed by atoms with van der Waals surface area (Å²) < 4.78 is 6.79. The van der Waals surface area contributed by atoms with Crippen LogP contribution < -0.4 is 4.74 Å². The third kappa shape index (κ3) is 5.23. The minimum atomic E-state index is -1.15. The van der Waals surface area contributed by atoms with Crippen molar-refractivity contribution in [2.45, 2.75) is 6.61 Å². The Morgan fingerprint density at radius 3 is 2.63 bits per heavy atom. The van der Waals surface area contributed by atoms with Crippen molar-refractivity contribution in [2.24, 2.45) is 0 Å². The van der Waals surface area contributed by atoms with E-state index in [4.69, 9.17) is 22.1 Å². The number of ether oxygens (including phenoxy) is 1. The quantitative estimate of drug-likeness (QED) is 0.256. The molecule has 0 saturated carbocycles. The summed E-state index contributed by atoms with van der Waals surface area (Å²) in [5.74, 6) is -1.14. The van der Waals surface area contributed by atoms with Crippen LogP contribution in [0.2, 0.25) is 0 Å².